The molecule has 2 N–H and O–H groups in total. The number of ether oxygens (including phenoxy) is 1. The lowest BCUT2D eigenvalue weighted by Gasteiger charge is -2.17. The molecule has 1 aliphatic heterocycles. The van der Waals surface area contributed by atoms with Crippen LogP contribution >= 0.6 is 23.6 Å². The maximum atomic E-state index is 12.6. The van der Waals surface area contributed by atoms with Crippen molar-refractivity contribution in [1.29, 1.82) is 0 Å². The van der Waals surface area contributed by atoms with Crippen molar-refractivity contribution in [3.8, 4) is 0 Å². The fourth-order valence-corrected chi connectivity index (χ4v) is 5.40. The van der Waals surface area contributed by atoms with Gasteiger partial charge in [0.2, 0.25) is 17.7 Å². The standard InChI is InChI=1S/C19H19N3O5S2/c1-2-27-18(26)11-5-6-29-15(11)21-19(28)20-12(23)8-22-16(24)13-9-3-4-10(7-9)14(13)17(22)25/h3-6,9-10,13-14H,2,7-8H2,1H3,(H2,20,21,23,28)/t9-,10+,13-,14-/m0/s1. The Bertz CT molecular complexity index is 910. The number of allylic oxidation sites excluding steroid dienone is 2. The van der Waals surface area contributed by atoms with E-state index in [1.54, 1.807) is 18.4 Å². The van der Waals surface area contributed by atoms with Crippen molar-refractivity contribution in [1.82, 2.24) is 10.2 Å². The Morgan fingerprint density at radius 2 is 1.90 bits per heavy atom. The lowest BCUT2D eigenvalue weighted by atomic mass is 9.85. The zero-order valence-corrected chi connectivity index (χ0v) is 17.2. The third-order valence-corrected chi connectivity index (χ3v) is 6.54. The third-order valence-electron chi connectivity index (χ3n) is 5.50. The molecule has 2 bridgehead atoms. The van der Waals surface area contributed by atoms with E-state index in [1.807, 2.05) is 12.2 Å². The second kappa shape index (κ2) is 7.68. The number of thiophene rings is 1. The van der Waals surface area contributed by atoms with Gasteiger partial charge < -0.3 is 15.4 Å². The Hall–Kier alpha value is -2.59. The first-order valence-corrected chi connectivity index (χ1v) is 10.6. The lowest BCUT2D eigenvalue weighted by Crippen LogP contribution is -2.44. The highest BCUT2D eigenvalue weighted by molar-refractivity contribution is 7.80. The number of nitrogens with one attached hydrogen (secondary N) is 2. The average molecular weight is 434 g/mol. The first kappa shape index (κ1) is 19.7. The number of likely N-dealkylation sites (tertiary alicyclic amines) is 1. The molecule has 4 rings (SSSR count). The first-order valence-electron chi connectivity index (χ1n) is 9.29. The van der Waals surface area contributed by atoms with E-state index in [4.69, 9.17) is 17.0 Å². The monoisotopic (exact) mass is 433 g/mol. The molecule has 0 unspecified atom stereocenters. The summed E-state index contributed by atoms with van der Waals surface area (Å²) in [5, 5.41) is 7.37. The van der Waals surface area contributed by atoms with Crippen LogP contribution in [0.3, 0.4) is 0 Å². The van der Waals surface area contributed by atoms with Crippen LogP contribution in [-0.4, -0.2) is 46.9 Å². The Kier molecular flexibility index (Phi) is 5.22. The van der Waals surface area contributed by atoms with Crippen LogP contribution in [0.25, 0.3) is 0 Å². The highest BCUT2D eigenvalue weighted by Gasteiger charge is 2.59. The van der Waals surface area contributed by atoms with Gasteiger partial charge in [-0.25, -0.2) is 4.79 Å². The number of rotatable bonds is 5. The van der Waals surface area contributed by atoms with Gasteiger partial charge >= 0.3 is 5.97 Å². The Labute approximate surface area is 176 Å². The number of nitrogens with zero attached hydrogens (tertiary/aromatic N) is 1. The van der Waals surface area contributed by atoms with Crippen LogP contribution in [0.5, 0.6) is 0 Å². The van der Waals surface area contributed by atoms with Crippen LogP contribution in [-0.2, 0) is 19.1 Å². The quantitative estimate of drug-likeness (QED) is 0.314. The highest BCUT2D eigenvalue weighted by Crippen LogP contribution is 2.52. The number of fused-ring (bicyclic) bond motifs is 5. The second-order valence-electron chi connectivity index (χ2n) is 7.15. The maximum absolute atomic E-state index is 12.6. The SMILES string of the molecule is CCOC(=O)c1ccsc1NC(=S)NC(=O)CN1C(=O)[C@@H]2[C@@H](C1=O)[C@H]1C=C[C@@H]2C1. The Morgan fingerprint density at radius 3 is 2.52 bits per heavy atom. The number of hydrogen-bond acceptors (Lipinski definition) is 7. The van der Waals surface area contributed by atoms with Gasteiger partial charge in [-0.15, -0.1) is 11.3 Å². The minimum Gasteiger partial charge on any atom is -0.462 e. The largest absolute Gasteiger partial charge is 0.462 e. The molecule has 1 aromatic heterocycles. The zero-order valence-electron chi connectivity index (χ0n) is 15.5. The molecular formula is C19H19N3O5S2. The number of esters is 1. The van der Waals surface area contributed by atoms with Crippen LogP contribution < -0.4 is 10.6 Å². The first-order chi connectivity index (χ1) is 13.9. The molecule has 4 atom stereocenters. The van der Waals surface area contributed by atoms with E-state index in [-0.39, 0.29) is 53.8 Å². The minimum absolute atomic E-state index is 0.0241. The van der Waals surface area contributed by atoms with Gasteiger partial charge in [0.05, 0.1) is 24.0 Å². The van der Waals surface area contributed by atoms with E-state index >= 15 is 0 Å². The second-order valence-corrected chi connectivity index (χ2v) is 8.47. The fourth-order valence-electron chi connectivity index (χ4n) is 4.34. The smallest absolute Gasteiger partial charge is 0.341 e. The average Bonchev–Trinajstić information content (AvgIpc) is 3.43. The van der Waals surface area contributed by atoms with Crippen LogP contribution in [0.4, 0.5) is 5.00 Å². The van der Waals surface area contributed by atoms with Crippen LogP contribution in [0.15, 0.2) is 23.6 Å². The van der Waals surface area contributed by atoms with E-state index in [2.05, 4.69) is 10.6 Å². The summed E-state index contributed by atoms with van der Waals surface area (Å²) in [5.74, 6) is -2.12. The summed E-state index contributed by atoms with van der Waals surface area (Å²) < 4.78 is 4.97. The molecule has 1 aromatic rings. The third kappa shape index (κ3) is 3.46. The molecule has 152 valence electrons. The summed E-state index contributed by atoms with van der Waals surface area (Å²) in [7, 11) is 0. The summed E-state index contributed by atoms with van der Waals surface area (Å²) in [5.41, 5.74) is 0.314. The molecule has 2 fully saturated rings. The molecule has 10 heteroatoms. The highest BCUT2D eigenvalue weighted by atomic mass is 32.1. The van der Waals surface area contributed by atoms with E-state index in [9.17, 15) is 19.2 Å². The van der Waals surface area contributed by atoms with Gasteiger partial charge in [-0.3, -0.25) is 19.3 Å². The topological polar surface area (TPSA) is 105 Å². The molecule has 2 heterocycles. The number of hydrogen-bond donors (Lipinski definition) is 2. The van der Waals surface area contributed by atoms with Crippen molar-refractivity contribution in [2.75, 3.05) is 18.5 Å². The predicted molar refractivity (Wildman–Crippen MR) is 109 cm³/mol. The number of carbonyl (C=O) groups excluding carboxylic acids is 4. The van der Waals surface area contributed by atoms with E-state index < -0.39 is 11.9 Å². The van der Waals surface area contributed by atoms with Crippen molar-refractivity contribution >= 4 is 57.4 Å². The Morgan fingerprint density at radius 1 is 1.24 bits per heavy atom. The molecule has 8 nitrogen and oxygen atoms in total. The summed E-state index contributed by atoms with van der Waals surface area (Å²) in [4.78, 5) is 50.6. The van der Waals surface area contributed by atoms with Crippen molar-refractivity contribution in [3.05, 3.63) is 29.2 Å². The number of anilines is 1. The van der Waals surface area contributed by atoms with E-state index in [0.717, 1.165) is 11.3 Å². The van der Waals surface area contributed by atoms with Crippen molar-refractivity contribution < 1.29 is 23.9 Å². The van der Waals surface area contributed by atoms with Crippen LogP contribution in [0.1, 0.15) is 23.7 Å². The van der Waals surface area contributed by atoms with Crippen molar-refractivity contribution in [3.63, 3.8) is 0 Å². The van der Waals surface area contributed by atoms with E-state index in [1.165, 1.54) is 11.3 Å². The van der Waals surface area contributed by atoms with Crippen molar-refractivity contribution in [2.24, 2.45) is 23.7 Å². The molecule has 0 spiro atoms. The van der Waals surface area contributed by atoms with E-state index in [0.29, 0.717) is 10.6 Å². The summed E-state index contributed by atoms with van der Waals surface area (Å²) in [6.07, 6.45) is 4.84. The number of thiocarbonyl (C=S) groups is 1. The molecular weight excluding hydrogens is 414 g/mol. The minimum atomic E-state index is -0.571. The van der Waals surface area contributed by atoms with Crippen molar-refractivity contribution in [2.45, 2.75) is 13.3 Å². The number of amides is 3. The molecule has 1 saturated heterocycles. The van der Waals surface area contributed by atoms with Gasteiger partial charge in [0, 0.05) is 0 Å². The molecule has 3 aliphatic rings. The molecule has 0 aromatic carbocycles. The summed E-state index contributed by atoms with van der Waals surface area (Å²) >= 11 is 6.36. The van der Waals surface area contributed by atoms with Gasteiger partial charge in [-0.1, -0.05) is 12.2 Å². The molecule has 2 aliphatic carbocycles. The van der Waals surface area contributed by atoms with Crippen LogP contribution in [0.2, 0.25) is 0 Å². The summed E-state index contributed by atoms with van der Waals surface area (Å²) in [6.45, 7) is 1.58. The number of imide groups is 1. The molecule has 1 saturated carbocycles. The maximum Gasteiger partial charge on any atom is 0.341 e. The molecule has 0 radical (unpaired) electrons. The molecule has 3 amide bonds. The van der Waals surface area contributed by atoms with Gasteiger partial charge in [0.25, 0.3) is 0 Å². The zero-order chi connectivity index (χ0) is 20.7. The van der Waals surface area contributed by atoms with Gasteiger partial charge in [0.15, 0.2) is 5.11 Å². The molecule has 29 heavy (non-hydrogen) atoms. The van der Waals surface area contributed by atoms with Gasteiger partial charge in [0.1, 0.15) is 11.5 Å². The number of carbonyl (C=O) groups is 4. The Balaban J connectivity index is 1.34. The fraction of sp³-hybridized carbons (Fsp3) is 0.421. The van der Waals surface area contributed by atoms with Gasteiger partial charge in [-0.05, 0) is 48.8 Å². The lowest BCUT2D eigenvalue weighted by molar-refractivity contribution is -0.144. The van der Waals surface area contributed by atoms with Gasteiger partial charge in [-0.2, -0.15) is 0 Å². The summed E-state index contributed by atoms with van der Waals surface area (Å²) in [6, 6.07) is 1.60. The predicted octanol–water partition coefficient (Wildman–Crippen LogP) is 1.54. The van der Waals surface area contributed by atoms with Crippen LogP contribution in [0, 0.1) is 23.7 Å². The normalized spacial score (nSPS) is 26.6.